The van der Waals surface area contributed by atoms with Gasteiger partial charge < -0.3 is 20.6 Å². The van der Waals surface area contributed by atoms with Crippen LogP contribution in [-0.4, -0.2) is 77.0 Å². The molecule has 12 heteroatoms. The monoisotopic (exact) mass is 533 g/mol. The Morgan fingerprint density at radius 1 is 0.921 bits per heavy atom. The molecule has 2 fully saturated rings. The van der Waals surface area contributed by atoms with Crippen LogP contribution in [0, 0.1) is 5.41 Å². The van der Waals surface area contributed by atoms with Gasteiger partial charge in [0.25, 0.3) is 5.91 Å². The van der Waals surface area contributed by atoms with Crippen LogP contribution in [0.5, 0.6) is 0 Å². The van der Waals surface area contributed by atoms with Crippen molar-refractivity contribution in [3.8, 4) is 0 Å². The lowest BCUT2D eigenvalue weighted by Crippen LogP contribution is -2.52. The maximum Gasteiger partial charge on any atom is 0.490 e. The molecule has 2 aromatic carbocycles. The van der Waals surface area contributed by atoms with Gasteiger partial charge in [0, 0.05) is 49.0 Å². The molecule has 3 amide bonds. The Hall–Kier alpha value is -4.09. The van der Waals surface area contributed by atoms with Gasteiger partial charge in [0.05, 0.1) is 0 Å². The third-order valence-corrected chi connectivity index (χ3v) is 6.43. The number of carboxylic acid groups (broad SMARTS) is 1. The predicted molar refractivity (Wildman–Crippen MR) is 135 cm³/mol. The molecular formula is C26H30F3N5O4. The van der Waals surface area contributed by atoms with Crippen LogP contribution in [0.3, 0.4) is 0 Å². The van der Waals surface area contributed by atoms with E-state index in [4.69, 9.17) is 21.0 Å². The van der Waals surface area contributed by atoms with Gasteiger partial charge in [-0.3, -0.25) is 15.1 Å². The van der Waals surface area contributed by atoms with Gasteiger partial charge in [-0.15, -0.1) is 0 Å². The number of urea groups is 1. The highest BCUT2D eigenvalue weighted by Gasteiger charge is 2.38. The molecule has 2 aromatic rings. The molecule has 0 radical (unpaired) electrons. The third kappa shape index (κ3) is 7.24. The number of nitrogen functional groups attached to an aromatic ring is 1. The predicted octanol–water partition coefficient (Wildman–Crippen LogP) is 3.93. The fourth-order valence-corrected chi connectivity index (χ4v) is 4.46. The van der Waals surface area contributed by atoms with Crippen molar-refractivity contribution < 1.29 is 32.7 Å². The highest BCUT2D eigenvalue weighted by molar-refractivity contribution is 5.98. The summed E-state index contributed by atoms with van der Waals surface area (Å²) in [5.74, 6) is -2.70. The number of amides is 3. The fourth-order valence-electron chi connectivity index (χ4n) is 4.46. The molecule has 4 rings (SSSR count). The number of halogens is 3. The van der Waals surface area contributed by atoms with Gasteiger partial charge in [0.1, 0.15) is 5.84 Å². The van der Waals surface area contributed by atoms with Crippen LogP contribution in [0.15, 0.2) is 54.6 Å². The van der Waals surface area contributed by atoms with Crippen molar-refractivity contribution >= 4 is 29.4 Å². The van der Waals surface area contributed by atoms with Gasteiger partial charge in [-0.05, 0) is 49.9 Å². The molecular weight excluding hydrogens is 503 g/mol. The number of anilines is 1. The maximum atomic E-state index is 13.4. The lowest BCUT2D eigenvalue weighted by Gasteiger charge is -2.39. The summed E-state index contributed by atoms with van der Waals surface area (Å²) in [5.41, 5.74) is 7.75. The number of carbonyl (C=O) groups excluding carboxylic acids is 2. The molecule has 0 aliphatic carbocycles. The van der Waals surface area contributed by atoms with E-state index in [1.807, 2.05) is 58.3 Å². The first-order chi connectivity index (χ1) is 18.0. The van der Waals surface area contributed by atoms with E-state index in [-0.39, 0.29) is 23.8 Å². The molecule has 38 heavy (non-hydrogen) atoms. The van der Waals surface area contributed by atoms with E-state index in [1.54, 1.807) is 11.0 Å². The van der Waals surface area contributed by atoms with Crippen LogP contribution >= 0.6 is 0 Å². The SMILES string of the molecule is N=C(N)c1cccc(N2CCCCN(C3CCN(C(=O)c4ccccc4)CC3)C2=O)c1.O=C(O)C(F)(F)F. The lowest BCUT2D eigenvalue weighted by atomic mass is 10.0. The Kier molecular flexibility index (Phi) is 9.32. The number of aliphatic carboxylic acids is 1. The van der Waals surface area contributed by atoms with E-state index in [9.17, 15) is 22.8 Å². The number of piperidine rings is 1. The Morgan fingerprint density at radius 2 is 1.50 bits per heavy atom. The van der Waals surface area contributed by atoms with Gasteiger partial charge in [-0.2, -0.15) is 13.2 Å². The van der Waals surface area contributed by atoms with E-state index < -0.39 is 12.1 Å². The van der Waals surface area contributed by atoms with Crippen molar-refractivity contribution in [2.45, 2.75) is 37.9 Å². The first-order valence-corrected chi connectivity index (χ1v) is 12.2. The molecule has 0 spiro atoms. The minimum atomic E-state index is -5.08. The van der Waals surface area contributed by atoms with Crippen LogP contribution in [0.25, 0.3) is 0 Å². The summed E-state index contributed by atoms with van der Waals surface area (Å²) >= 11 is 0. The van der Waals surface area contributed by atoms with Gasteiger partial charge in [-0.25, -0.2) is 9.59 Å². The second kappa shape index (κ2) is 12.4. The molecule has 204 valence electrons. The molecule has 0 saturated carbocycles. The molecule has 2 heterocycles. The van der Waals surface area contributed by atoms with Crippen LogP contribution < -0.4 is 10.6 Å². The van der Waals surface area contributed by atoms with Crippen LogP contribution in [-0.2, 0) is 4.79 Å². The molecule has 2 aliphatic heterocycles. The number of benzene rings is 2. The molecule has 0 atom stereocenters. The van der Waals surface area contributed by atoms with Crippen LogP contribution in [0.1, 0.15) is 41.6 Å². The highest BCUT2D eigenvalue weighted by atomic mass is 19.4. The van der Waals surface area contributed by atoms with E-state index in [0.717, 1.165) is 37.9 Å². The summed E-state index contributed by atoms with van der Waals surface area (Å²) in [4.78, 5) is 40.8. The number of amidine groups is 1. The normalized spacial score (nSPS) is 16.8. The second-order valence-electron chi connectivity index (χ2n) is 8.99. The molecule has 2 saturated heterocycles. The summed E-state index contributed by atoms with van der Waals surface area (Å²) in [6.45, 7) is 2.70. The lowest BCUT2D eigenvalue weighted by molar-refractivity contribution is -0.192. The quantitative estimate of drug-likeness (QED) is 0.405. The summed E-state index contributed by atoms with van der Waals surface area (Å²) in [5, 5.41) is 14.8. The Balaban J connectivity index is 0.000000505. The molecule has 0 aromatic heterocycles. The minimum absolute atomic E-state index is 0.00330. The standard InChI is InChI=1S/C24H29N5O2.C2HF3O2/c25-22(26)19-9-6-10-21(17-19)29-14-5-4-13-28(24(29)31)20-11-15-27(16-12-20)23(30)18-7-2-1-3-8-18;3-2(4,5)1(6)7/h1-3,6-10,17,20H,4-5,11-16H2,(H3,25,26);(H,6,7). The van der Waals surface area contributed by atoms with Gasteiger partial charge in [-0.1, -0.05) is 30.3 Å². The Morgan fingerprint density at radius 3 is 2.08 bits per heavy atom. The number of hydrogen-bond donors (Lipinski definition) is 3. The van der Waals surface area contributed by atoms with Crippen molar-refractivity contribution in [1.29, 1.82) is 5.41 Å². The number of carboxylic acids is 1. The van der Waals surface area contributed by atoms with Crippen molar-refractivity contribution in [1.82, 2.24) is 9.80 Å². The fraction of sp³-hybridized carbons (Fsp3) is 0.385. The minimum Gasteiger partial charge on any atom is -0.475 e. The zero-order valence-electron chi connectivity index (χ0n) is 20.7. The van der Waals surface area contributed by atoms with Crippen LogP contribution in [0.4, 0.5) is 23.7 Å². The number of nitrogens with zero attached hydrogens (tertiary/aromatic N) is 3. The molecule has 4 N–H and O–H groups in total. The largest absolute Gasteiger partial charge is 0.490 e. The number of carbonyl (C=O) groups is 3. The Bertz CT molecular complexity index is 1150. The molecule has 2 aliphatic rings. The van der Waals surface area contributed by atoms with Crippen molar-refractivity contribution in [3.63, 3.8) is 0 Å². The average molecular weight is 534 g/mol. The highest BCUT2D eigenvalue weighted by Crippen LogP contribution is 2.26. The maximum absolute atomic E-state index is 13.4. The molecule has 0 bridgehead atoms. The summed E-state index contributed by atoms with van der Waals surface area (Å²) in [6.07, 6.45) is -1.63. The van der Waals surface area contributed by atoms with Gasteiger partial charge in [0.15, 0.2) is 0 Å². The van der Waals surface area contributed by atoms with Gasteiger partial charge in [0.2, 0.25) is 0 Å². The number of nitrogens with one attached hydrogen (secondary N) is 1. The number of nitrogens with two attached hydrogens (primary N) is 1. The van der Waals surface area contributed by atoms with E-state index in [0.29, 0.717) is 30.8 Å². The average Bonchev–Trinajstić information content (AvgIpc) is 3.10. The zero-order chi connectivity index (χ0) is 27.9. The van der Waals surface area contributed by atoms with Crippen molar-refractivity contribution in [2.24, 2.45) is 5.73 Å². The van der Waals surface area contributed by atoms with Gasteiger partial charge >= 0.3 is 18.2 Å². The molecule has 9 nitrogen and oxygen atoms in total. The van der Waals surface area contributed by atoms with Crippen molar-refractivity contribution in [3.05, 3.63) is 65.7 Å². The summed E-state index contributed by atoms with van der Waals surface area (Å²) in [6, 6.07) is 16.8. The zero-order valence-corrected chi connectivity index (χ0v) is 20.7. The number of alkyl halides is 3. The molecule has 0 unspecified atom stereocenters. The summed E-state index contributed by atoms with van der Waals surface area (Å²) < 4.78 is 31.7. The topological polar surface area (TPSA) is 131 Å². The van der Waals surface area contributed by atoms with E-state index in [1.165, 1.54) is 0 Å². The van der Waals surface area contributed by atoms with E-state index in [2.05, 4.69) is 0 Å². The Labute approximate surface area is 218 Å². The number of rotatable bonds is 4. The first kappa shape index (κ1) is 28.5. The van der Waals surface area contributed by atoms with E-state index >= 15 is 0 Å². The van der Waals surface area contributed by atoms with Crippen molar-refractivity contribution in [2.75, 3.05) is 31.1 Å². The first-order valence-electron chi connectivity index (χ1n) is 12.2. The second-order valence-corrected chi connectivity index (χ2v) is 8.99. The number of likely N-dealkylation sites (tertiary alicyclic amines) is 1. The van der Waals surface area contributed by atoms with Crippen LogP contribution in [0.2, 0.25) is 0 Å². The smallest absolute Gasteiger partial charge is 0.475 e. The summed E-state index contributed by atoms with van der Waals surface area (Å²) in [7, 11) is 0. The number of hydrogen-bond acceptors (Lipinski definition) is 4. The third-order valence-electron chi connectivity index (χ3n) is 6.43.